The van der Waals surface area contributed by atoms with Gasteiger partial charge < -0.3 is 9.57 Å². The molecule has 0 bridgehead atoms. The van der Waals surface area contributed by atoms with E-state index in [0.29, 0.717) is 18.6 Å². The van der Waals surface area contributed by atoms with E-state index in [1.54, 1.807) is 0 Å². The van der Waals surface area contributed by atoms with Gasteiger partial charge in [-0.3, -0.25) is 9.52 Å². The predicted molar refractivity (Wildman–Crippen MR) is 115 cm³/mol. The molecule has 1 aliphatic carbocycles. The van der Waals surface area contributed by atoms with E-state index in [-0.39, 0.29) is 27.8 Å². The second-order valence-electron chi connectivity index (χ2n) is 8.13. The summed E-state index contributed by atoms with van der Waals surface area (Å²) in [6.45, 7) is 0.859. The first kappa shape index (κ1) is 21.2. The van der Waals surface area contributed by atoms with Crippen molar-refractivity contribution < 1.29 is 22.4 Å². The van der Waals surface area contributed by atoms with Gasteiger partial charge in [0.25, 0.3) is 5.56 Å². The van der Waals surface area contributed by atoms with Gasteiger partial charge in [-0.15, -0.1) is 4.73 Å². The Kier molecular flexibility index (Phi) is 4.77. The van der Waals surface area contributed by atoms with E-state index in [1.165, 1.54) is 42.0 Å². The lowest BCUT2D eigenvalue weighted by Crippen LogP contribution is -2.53. The van der Waals surface area contributed by atoms with Crippen LogP contribution in [-0.4, -0.2) is 42.6 Å². The average molecular weight is 471 g/mol. The van der Waals surface area contributed by atoms with Crippen LogP contribution >= 0.6 is 0 Å². The summed E-state index contributed by atoms with van der Waals surface area (Å²) in [5.74, 6) is -1.27. The molecule has 1 saturated heterocycles. The van der Waals surface area contributed by atoms with Crippen LogP contribution in [0.5, 0.6) is 11.5 Å². The van der Waals surface area contributed by atoms with Crippen LogP contribution in [0.2, 0.25) is 0 Å². The number of hydrogen-bond donors (Lipinski definition) is 1. The van der Waals surface area contributed by atoms with Crippen LogP contribution in [0.1, 0.15) is 18.4 Å². The fourth-order valence-electron chi connectivity index (χ4n) is 3.82. The summed E-state index contributed by atoms with van der Waals surface area (Å²) >= 11 is 0. The minimum atomic E-state index is -3.90. The van der Waals surface area contributed by atoms with Crippen LogP contribution in [0.4, 0.5) is 10.1 Å². The van der Waals surface area contributed by atoms with E-state index < -0.39 is 27.3 Å². The number of nitrogens with zero attached hydrogens (tertiary/aromatic N) is 4. The van der Waals surface area contributed by atoms with Gasteiger partial charge in [-0.2, -0.15) is 18.0 Å². The van der Waals surface area contributed by atoms with Gasteiger partial charge in [0.05, 0.1) is 16.6 Å². The van der Waals surface area contributed by atoms with E-state index in [4.69, 9.17) is 9.57 Å². The topological polar surface area (TPSA) is 127 Å². The normalized spacial score (nSPS) is 16.8. The van der Waals surface area contributed by atoms with Gasteiger partial charge in [0.1, 0.15) is 30.8 Å². The molecule has 10 nitrogen and oxygen atoms in total. The Balaban J connectivity index is 1.48. The van der Waals surface area contributed by atoms with Gasteiger partial charge in [-0.25, -0.2) is 9.37 Å². The molecule has 3 aromatic rings. The summed E-state index contributed by atoms with van der Waals surface area (Å²) in [6.07, 6.45) is 3.24. The molecule has 1 spiro atoms. The van der Waals surface area contributed by atoms with Crippen molar-refractivity contribution in [1.29, 1.82) is 5.26 Å². The molecule has 0 atom stereocenters. The third-order valence-corrected chi connectivity index (χ3v) is 7.31. The van der Waals surface area contributed by atoms with E-state index in [0.717, 1.165) is 23.6 Å². The van der Waals surface area contributed by atoms with Crippen molar-refractivity contribution in [2.75, 3.05) is 24.9 Å². The number of halogens is 1. The molecule has 2 aromatic carbocycles. The fourth-order valence-corrected chi connectivity index (χ4v) is 5.28. The van der Waals surface area contributed by atoms with Crippen molar-refractivity contribution in [1.82, 2.24) is 14.0 Å². The zero-order chi connectivity index (χ0) is 23.4. The van der Waals surface area contributed by atoms with Crippen LogP contribution in [0.15, 0.2) is 41.5 Å². The number of nitrogens with one attached hydrogen (secondary N) is 1. The highest BCUT2D eigenvalue weighted by Crippen LogP contribution is 2.53. The molecule has 33 heavy (non-hydrogen) atoms. The molecule has 2 fully saturated rings. The SMILES string of the molecule is COn1cnc2ccc(Oc3c(F)ccc(NS(=O)(=O)N4CC5(CC5)C4)c3C#N)cc2c1=O. The van der Waals surface area contributed by atoms with Gasteiger partial charge in [0.15, 0.2) is 11.6 Å². The third kappa shape index (κ3) is 3.65. The molecule has 1 aliphatic heterocycles. The molecule has 0 unspecified atom stereocenters. The molecule has 1 N–H and O–H groups in total. The van der Waals surface area contributed by atoms with Crippen LogP contribution in [0.25, 0.3) is 10.9 Å². The number of rotatable bonds is 6. The monoisotopic (exact) mass is 471 g/mol. The summed E-state index contributed by atoms with van der Waals surface area (Å²) in [6, 6.07) is 8.29. The first-order valence-corrected chi connectivity index (χ1v) is 11.4. The van der Waals surface area contributed by atoms with Crippen molar-refractivity contribution in [2.45, 2.75) is 12.8 Å². The van der Waals surface area contributed by atoms with Crippen molar-refractivity contribution >= 4 is 26.8 Å². The minimum Gasteiger partial charge on any atom is -0.453 e. The number of aromatic nitrogens is 2. The van der Waals surface area contributed by atoms with Crippen molar-refractivity contribution in [2.24, 2.45) is 5.41 Å². The Morgan fingerprint density at radius 2 is 2.00 bits per heavy atom. The molecule has 2 heterocycles. The zero-order valence-electron chi connectivity index (χ0n) is 17.4. The Hall–Kier alpha value is -3.69. The Morgan fingerprint density at radius 3 is 2.67 bits per heavy atom. The standard InChI is InChI=1S/C21H18FN5O5S/c1-31-27-12-24-17-4-2-13(8-14(17)20(27)28)32-19-15(9-23)18(5-3-16(19)22)25-33(29,30)26-10-21(11-26)6-7-21/h2-5,8,12,25H,6-7,10-11H2,1H3. The van der Waals surface area contributed by atoms with Crippen molar-refractivity contribution in [3.05, 3.63) is 58.4 Å². The average Bonchev–Trinajstić information content (AvgIpc) is 3.57. The Morgan fingerprint density at radius 1 is 1.24 bits per heavy atom. The van der Waals surface area contributed by atoms with Gasteiger partial charge in [-0.1, -0.05) is 0 Å². The molecule has 12 heteroatoms. The number of nitriles is 1. The smallest absolute Gasteiger partial charge is 0.301 e. The van der Waals surface area contributed by atoms with Gasteiger partial charge in [-0.05, 0) is 48.6 Å². The van der Waals surface area contributed by atoms with E-state index in [9.17, 15) is 22.9 Å². The molecule has 1 saturated carbocycles. The maximum absolute atomic E-state index is 14.6. The number of anilines is 1. The number of ether oxygens (including phenoxy) is 1. The summed E-state index contributed by atoms with van der Waals surface area (Å²) in [5.41, 5.74) is -0.448. The van der Waals surface area contributed by atoms with Gasteiger partial charge in [0, 0.05) is 13.1 Å². The molecule has 0 amide bonds. The molecule has 5 rings (SSSR count). The molecular formula is C21H18FN5O5S. The van der Waals surface area contributed by atoms with E-state index in [1.807, 2.05) is 6.07 Å². The van der Waals surface area contributed by atoms with Gasteiger partial charge >= 0.3 is 10.2 Å². The summed E-state index contributed by atoms with van der Waals surface area (Å²) in [7, 11) is -2.59. The zero-order valence-corrected chi connectivity index (χ0v) is 18.2. The minimum absolute atomic E-state index is 0.0593. The second kappa shape index (κ2) is 7.43. The molecule has 2 aliphatic rings. The first-order valence-electron chi connectivity index (χ1n) is 9.99. The molecular weight excluding hydrogens is 453 g/mol. The highest BCUT2D eigenvalue weighted by Gasteiger charge is 2.55. The second-order valence-corrected chi connectivity index (χ2v) is 9.80. The Bertz CT molecular complexity index is 1490. The van der Waals surface area contributed by atoms with Crippen LogP contribution in [0, 0.1) is 22.6 Å². The summed E-state index contributed by atoms with van der Waals surface area (Å²) in [4.78, 5) is 21.4. The largest absolute Gasteiger partial charge is 0.453 e. The lowest BCUT2D eigenvalue weighted by atomic mass is 10.0. The molecule has 0 radical (unpaired) electrons. The third-order valence-electron chi connectivity index (χ3n) is 5.90. The number of hydrogen-bond acceptors (Lipinski definition) is 7. The number of fused-ring (bicyclic) bond motifs is 1. The maximum atomic E-state index is 14.6. The van der Waals surface area contributed by atoms with Crippen LogP contribution < -0.4 is 19.9 Å². The lowest BCUT2D eigenvalue weighted by Gasteiger charge is -2.38. The quantitative estimate of drug-likeness (QED) is 0.583. The highest BCUT2D eigenvalue weighted by molar-refractivity contribution is 7.90. The lowest BCUT2D eigenvalue weighted by molar-refractivity contribution is 0.155. The Labute approximate surface area is 187 Å². The van der Waals surface area contributed by atoms with Gasteiger partial charge in [0.2, 0.25) is 0 Å². The predicted octanol–water partition coefficient (Wildman–Crippen LogP) is 2.01. The molecule has 170 valence electrons. The van der Waals surface area contributed by atoms with E-state index in [2.05, 4.69) is 9.71 Å². The number of benzene rings is 2. The first-order chi connectivity index (χ1) is 15.7. The van der Waals surface area contributed by atoms with Crippen molar-refractivity contribution in [3.63, 3.8) is 0 Å². The molecule has 1 aromatic heterocycles. The van der Waals surface area contributed by atoms with Crippen molar-refractivity contribution in [3.8, 4) is 17.6 Å². The highest BCUT2D eigenvalue weighted by atomic mass is 32.2. The van der Waals surface area contributed by atoms with Crippen LogP contribution in [0.3, 0.4) is 0 Å². The van der Waals surface area contributed by atoms with E-state index >= 15 is 0 Å². The van der Waals surface area contributed by atoms with Crippen LogP contribution in [-0.2, 0) is 10.2 Å². The summed E-state index contributed by atoms with van der Waals surface area (Å²) in [5, 5.41) is 9.81. The maximum Gasteiger partial charge on any atom is 0.301 e. The summed E-state index contributed by atoms with van der Waals surface area (Å²) < 4.78 is 50.2. The fraction of sp³-hybridized carbons (Fsp3) is 0.286.